The van der Waals surface area contributed by atoms with Gasteiger partial charge in [-0.1, -0.05) is 13.8 Å². The predicted molar refractivity (Wildman–Crippen MR) is 80.0 cm³/mol. The molecule has 7 nitrogen and oxygen atoms in total. The number of hydrogen-bond acceptors (Lipinski definition) is 4. The molecule has 0 aromatic rings. The third kappa shape index (κ3) is 9.62. The molecule has 0 unspecified atom stereocenters. The molecule has 19 heavy (non-hydrogen) atoms. The molecule has 0 spiro atoms. The van der Waals surface area contributed by atoms with Gasteiger partial charge in [-0.05, 0) is 12.3 Å². The van der Waals surface area contributed by atoms with Crippen molar-refractivity contribution in [2.24, 2.45) is 11.7 Å². The molecule has 0 aromatic heterocycles. The smallest absolute Gasteiger partial charge is 0.326 e. The van der Waals surface area contributed by atoms with Crippen molar-refractivity contribution in [3.05, 3.63) is 0 Å². The van der Waals surface area contributed by atoms with Crippen molar-refractivity contribution in [1.29, 1.82) is 0 Å². The maximum Gasteiger partial charge on any atom is 0.326 e. The van der Waals surface area contributed by atoms with Crippen LogP contribution >= 0.6 is 27.0 Å². The van der Waals surface area contributed by atoms with E-state index in [1.165, 1.54) is 0 Å². The van der Waals surface area contributed by atoms with E-state index in [1.54, 1.807) is 13.8 Å². The summed E-state index contributed by atoms with van der Waals surface area (Å²) in [5.74, 6) is -3.06. The molecule has 114 valence electrons. The van der Waals surface area contributed by atoms with Gasteiger partial charge in [0, 0.05) is 6.42 Å². The number of hydrogen-bond donors (Lipinski definition) is 4. The van der Waals surface area contributed by atoms with Crippen LogP contribution in [0.4, 0.5) is 0 Å². The van der Waals surface area contributed by atoms with Crippen LogP contribution in [0.5, 0.6) is 0 Å². The summed E-state index contributed by atoms with van der Waals surface area (Å²) in [6.07, 6.45) is -0.129. The molecular formula is C10H22N2O5S2. The zero-order valence-electron chi connectivity index (χ0n) is 10.8. The molecule has 0 bridgehead atoms. The Morgan fingerprint density at radius 1 is 1.11 bits per heavy atom. The van der Waals surface area contributed by atoms with Crippen LogP contribution in [0.1, 0.15) is 26.7 Å². The number of aliphatic carboxylic acids is 2. The minimum Gasteiger partial charge on any atom is -0.480 e. The van der Waals surface area contributed by atoms with Crippen LogP contribution in [0.3, 0.4) is 0 Å². The Balaban J connectivity index is -0.00000128. The van der Waals surface area contributed by atoms with Gasteiger partial charge in [-0.25, -0.2) is 4.79 Å². The standard InChI is InChI=1S/C10H18N2O5.2H2S/c1-5(2)8(10(16)17)12-7(13)4-3-6(11)9(14)15;;/h5-6,8H,3-4,11H2,1-2H3,(H,12,13)(H,14,15)(H,16,17);2*1H2/t6-,8-;;/m0../s1. The van der Waals surface area contributed by atoms with Crippen molar-refractivity contribution in [2.75, 3.05) is 0 Å². The molecule has 0 heterocycles. The second-order valence-corrected chi connectivity index (χ2v) is 4.11. The van der Waals surface area contributed by atoms with E-state index < -0.39 is 29.9 Å². The van der Waals surface area contributed by atoms with Crippen molar-refractivity contribution >= 4 is 44.8 Å². The molecule has 9 heteroatoms. The number of carbonyl (C=O) groups excluding carboxylic acids is 1. The fourth-order valence-corrected chi connectivity index (χ4v) is 1.17. The highest BCUT2D eigenvalue weighted by molar-refractivity contribution is 7.59. The van der Waals surface area contributed by atoms with Crippen LogP contribution in [-0.4, -0.2) is 40.1 Å². The zero-order valence-corrected chi connectivity index (χ0v) is 12.8. The van der Waals surface area contributed by atoms with Crippen molar-refractivity contribution in [1.82, 2.24) is 5.32 Å². The van der Waals surface area contributed by atoms with Gasteiger partial charge in [0.25, 0.3) is 0 Å². The third-order valence-electron chi connectivity index (χ3n) is 2.25. The van der Waals surface area contributed by atoms with Crippen LogP contribution in [0, 0.1) is 5.92 Å². The van der Waals surface area contributed by atoms with Crippen molar-refractivity contribution < 1.29 is 24.6 Å². The van der Waals surface area contributed by atoms with Gasteiger partial charge in [0.2, 0.25) is 5.91 Å². The molecule has 0 aliphatic heterocycles. The number of carboxylic acid groups (broad SMARTS) is 2. The molecule has 0 radical (unpaired) electrons. The number of amides is 1. The van der Waals surface area contributed by atoms with Gasteiger partial charge in [-0.15, -0.1) is 0 Å². The average Bonchev–Trinajstić information content (AvgIpc) is 2.21. The van der Waals surface area contributed by atoms with Gasteiger partial charge in [0.15, 0.2) is 0 Å². The Hall–Kier alpha value is -0.930. The third-order valence-corrected chi connectivity index (χ3v) is 2.25. The largest absolute Gasteiger partial charge is 0.480 e. The fourth-order valence-electron chi connectivity index (χ4n) is 1.17. The normalized spacial score (nSPS) is 12.6. The molecule has 2 atom stereocenters. The van der Waals surface area contributed by atoms with Crippen LogP contribution < -0.4 is 11.1 Å². The lowest BCUT2D eigenvalue weighted by molar-refractivity contribution is -0.143. The Morgan fingerprint density at radius 2 is 1.58 bits per heavy atom. The van der Waals surface area contributed by atoms with Gasteiger partial charge in [-0.3, -0.25) is 9.59 Å². The molecule has 0 fully saturated rings. The van der Waals surface area contributed by atoms with E-state index in [0.717, 1.165) is 0 Å². The lowest BCUT2D eigenvalue weighted by Crippen LogP contribution is -2.44. The highest BCUT2D eigenvalue weighted by Gasteiger charge is 2.23. The first-order chi connectivity index (χ1) is 7.75. The van der Waals surface area contributed by atoms with E-state index in [-0.39, 0.29) is 45.8 Å². The molecule has 1 amide bonds. The van der Waals surface area contributed by atoms with Crippen molar-refractivity contribution in [3.8, 4) is 0 Å². The van der Waals surface area contributed by atoms with Gasteiger partial charge in [-0.2, -0.15) is 27.0 Å². The van der Waals surface area contributed by atoms with Gasteiger partial charge < -0.3 is 21.3 Å². The number of carboxylic acids is 2. The summed E-state index contributed by atoms with van der Waals surface area (Å²) in [6.45, 7) is 3.34. The van der Waals surface area contributed by atoms with Gasteiger partial charge in [0.05, 0.1) is 0 Å². The lowest BCUT2D eigenvalue weighted by atomic mass is 10.0. The fraction of sp³-hybridized carbons (Fsp3) is 0.700. The maximum absolute atomic E-state index is 11.4. The molecular weight excluding hydrogens is 292 g/mol. The zero-order chi connectivity index (χ0) is 13.6. The molecule has 0 aliphatic rings. The maximum atomic E-state index is 11.4. The van der Waals surface area contributed by atoms with E-state index in [4.69, 9.17) is 15.9 Å². The van der Waals surface area contributed by atoms with Gasteiger partial charge in [0.1, 0.15) is 12.1 Å². The van der Waals surface area contributed by atoms with E-state index in [2.05, 4.69) is 5.32 Å². The molecule has 0 saturated carbocycles. The summed E-state index contributed by atoms with van der Waals surface area (Å²) in [7, 11) is 0. The lowest BCUT2D eigenvalue weighted by Gasteiger charge is -2.18. The van der Waals surface area contributed by atoms with E-state index >= 15 is 0 Å². The summed E-state index contributed by atoms with van der Waals surface area (Å²) in [6, 6.07) is -2.08. The quantitative estimate of drug-likeness (QED) is 0.507. The molecule has 5 N–H and O–H groups in total. The monoisotopic (exact) mass is 314 g/mol. The predicted octanol–water partition coefficient (Wildman–Crippen LogP) is -0.371. The molecule has 0 aliphatic carbocycles. The topological polar surface area (TPSA) is 130 Å². The molecule has 0 rings (SSSR count). The first-order valence-corrected chi connectivity index (χ1v) is 5.26. The number of nitrogens with two attached hydrogens (primary N) is 1. The van der Waals surface area contributed by atoms with Crippen LogP contribution in [0.15, 0.2) is 0 Å². The summed E-state index contributed by atoms with van der Waals surface area (Å²) in [5, 5.41) is 19.7. The van der Waals surface area contributed by atoms with Crippen LogP contribution in [0.25, 0.3) is 0 Å². The highest BCUT2D eigenvalue weighted by Crippen LogP contribution is 2.03. The van der Waals surface area contributed by atoms with Crippen molar-refractivity contribution in [2.45, 2.75) is 38.8 Å². The minimum absolute atomic E-state index is 0. The molecule has 0 saturated heterocycles. The van der Waals surface area contributed by atoms with E-state index in [0.29, 0.717) is 0 Å². The Bertz CT molecular complexity index is 312. The highest BCUT2D eigenvalue weighted by atomic mass is 32.1. The van der Waals surface area contributed by atoms with Crippen molar-refractivity contribution in [3.63, 3.8) is 0 Å². The Labute approximate surface area is 125 Å². The summed E-state index contributed by atoms with van der Waals surface area (Å²) < 4.78 is 0. The molecule has 0 aromatic carbocycles. The van der Waals surface area contributed by atoms with E-state index in [9.17, 15) is 14.4 Å². The number of rotatable bonds is 7. The summed E-state index contributed by atoms with van der Waals surface area (Å²) in [5.41, 5.74) is 5.22. The minimum atomic E-state index is -1.18. The van der Waals surface area contributed by atoms with Crippen LogP contribution in [-0.2, 0) is 14.4 Å². The van der Waals surface area contributed by atoms with Crippen LogP contribution in [0.2, 0.25) is 0 Å². The number of nitrogens with one attached hydrogen (secondary N) is 1. The average molecular weight is 314 g/mol. The SMILES string of the molecule is CC(C)[C@H](NC(=O)CC[C@H](N)C(=O)O)C(=O)O.S.S. The summed E-state index contributed by atoms with van der Waals surface area (Å²) in [4.78, 5) is 32.6. The number of carbonyl (C=O) groups is 3. The summed E-state index contributed by atoms with van der Waals surface area (Å²) >= 11 is 0. The van der Waals surface area contributed by atoms with Gasteiger partial charge >= 0.3 is 11.9 Å². The first kappa shape index (κ1) is 23.2. The second kappa shape index (κ2) is 10.9. The second-order valence-electron chi connectivity index (χ2n) is 4.11. The van der Waals surface area contributed by atoms with E-state index in [1.807, 2.05) is 0 Å². The first-order valence-electron chi connectivity index (χ1n) is 5.26. The Kier molecular flexibility index (Phi) is 13.4. The Morgan fingerprint density at radius 3 is 1.89 bits per heavy atom.